The number of thiophene rings is 1. The lowest BCUT2D eigenvalue weighted by atomic mass is 10.2. The van der Waals surface area contributed by atoms with E-state index in [0.717, 1.165) is 19.4 Å². The molecule has 2 fully saturated rings. The number of carbonyl (C=O) groups is 2. The molecule has 1 aromatic carbocycles. The maximum absolute atomic E-state index is 12.9. The number of amides is 1. The fourth-order valence-electron chi connectivity index (χ4n) is 4.28. The van der Waals surface area contributed by atoms with Gasteiger partial charge in [0.15, 0.2) is 5.78 Å². The number of sulfonamides is 1. The smallest absolute Gasteiger partial charge is 0.243 e. The second-order valence-corrected chi connectivity index (χ2v) is 10.9. The van der Waals surface area contributed by atoms with E-state index in [0.29, 0.717) is 31.2 Å². The van der Waals surface area contributed by atoms with Crippen LogP contribution < -0.4 is 0 Å². The van der Waals surface area contributed by atoms with Gasteiger partial charge >= 0.3 is 0 Å². The van der Waals surface area contributed by atoms with E-state index < -0.39 is 10.0 Å². The lowest BCUT2D eigenvalue weighted by molar-refractivity contribution is -0.133. The van der Waals surface area contributed by atoms with Gasteiger partial charge in [-0.05, 0) is 49.9 Å². The van der Waals surface area contributed by atoms with Crippen LogP contribution in [-0.4, -0.2) is 73.5 Å². The number of hydrogen-bond donors (Lipinski definition) is 0. The third-order valence-corrected chi connectivity index (χ3v) is 8.95. The first-order valence-electron chi connectivity index (χ1n) is 10.5. The van der Waals surface area contributed by atoms with Crippen LogP contribution >= 0.6 is 11.3 Å². The topological polar surface area (TPSA) is 78.0 Å². The Balaban J connectivity index is 1.34. The van der Waals surface area contributed by atoms with E-state index in [-0.39, 0.29) is 29.7 Å². The van der Waals surface area contributed by atoms with E-state index in [1.807, 2.05) is 6.07 Å². The van der Waals surface area contributed by atoms with Crippen LogP contribution in [0.4, 0.5) is 0 Å². The highest BCUT2D eigenvalue weighted by Gasteiger charge is 2.33. The molecule has 166 valence electrons. The molecule has 1 amide bonds. The van der Waals surface area contributed by atoms with E-state index in [9.17, 15) is 18.0 Å². The number of Topliss-reactive ketones (excluding diaryl/α,β-unsaturated/α-hetero) is 1. The number of piperazine rings is 1. The first-order valence-corrected chi connectivity index (χ1v) is 12.8. The third-order valence-electron chi connectivity index (χ3n) is 6.06. The molecule has 1 atom stereocenters. The van der Waals surface area contributed by atoms with Crippen LogP contribution in [0.3, 0.4) is 0 Å². The SMILES string of the molecule is CC(=O)c1ccc(S(=O)(=O)N2CCN(C(=O)CN3CCCC3c3cccs3)CC2)cc1. The largest absolute Gasteiger partial charge is 0.339 e. The Morgan fingerprint density at radius 2 is 1.74 bits per heavy atom. The Morgan fingerprint density at radius 1 is 1.03 bits per heavy atom. The number of carbonyl (C=O) groups excluding carboxylic acids is 2. The maximum atomic E-state index is 12.9. The van der Waals surface area contributed by atoms with Crippen LogP contribution in [0, 0.1) is 0 Å². The molecule has 0 saturated carbocycles. The Morgan fingerprint density at radius 3 is 2.35 bits per heavy atom. The molecule has 7 nitrogen and oxygen atoms in total. The molecule has 3 heterocycles. The first-order chi connectivity index (χ1) is 14.9. The van der Waals surface area contributed by atoms with Gasteiger partial charge in [-0.2, -0.15) is 4.31 Å². The van der Waals surface area contributed by atoms with Crippen molar-refractivity contribution in [1.29, 1.82) is 0 Å². The van der Waals surface area contributed by atoms with Crippen molar-refractivity contribution in [3.05, 3.63) is 52.2 Å². The molecule has 2 saturated heterocycles. The van der Waals surface area contributed by atoms with Gasteiger partial charge in [0.05, 0.1) is 11.4 Å². The summed E-state index contributed by atoms with van der Waals surface area (Å²) in [5.74, 6) is -0.0401. The summed E-state index contributed by atoms with van der Waals surface area (Å²) in [6, 6.07) is 10.5. The van der Waals surface area contributed by atoms with Crippen molar-refractivity contribution in [3.8, 4) is 0 Å². The normalized spacial score (nSPS) is 20.8. The number of ketones is 1. The molecule has 9 heteroatoms. The van der Waals surface area contributed by atoms with E-state index in [1.165, 1.54) is 40.4 Å². The zero-order chi connectivity index (χ0) is 22.0. The zero-order valence-corrected chi connectivity index (χ0v) is 19.2. The van der Waals surface area contributed by atoms with E-state index in [1.54, 1.807) is 16.2 Å². The molecular formula is C22H27N3O4S2. The summed E-state index contributed by atoms with van der Waals surface area (Å²) >= 11 is 1.73. The van der Waals surface area contributed by atoms with E-state index in [4.69, 9.17) is 0 Å². The number of hydrogen-bond acceptors (Lipinski definition) is 6. The van der Waals surface area contributed by atoms with E-state index >= 15 is 0 Å². The second kappa shape index (κ2) is 9.20. The fourth-order valence-corrected chi connectivity index (χ4v) is 6.60. The summed E-state index contributed by atoms with van der Waals surface area (Å²) in [5.41, 5.74) is 0.483. The molecule has 0 spiro atoms. The van der Waals surface area contributed by atoms with Crippen LogP contribution in [0.15, 0.2) is 46.7 Å². The van der Waals surface area contributed by atoms with Crippen molar-refractivity contribution >= 4 is 33.1 Å². The van der Waals surface area contributed by atoms with Crippen molar-refractivity contribution in [2.75, 3.05) is 39.3 Å². The highest BCUT2D eigenvalue weighted by atomic mass is 32.2. The van der Waals surface area contributed by atoms with Crippen molar-refractivity contribution in [2.45, 2.75) is 30.7 Å². The minimum Gasteiger partial charge on any atom is -0.339 e. The maximum Gasteiger partial charge on any atom is 0.243 e. The van der Waals surface area contributed by atoms with Crippen LogP contribution in [-0.2, 0) is 14.8 Å². The lowest BCUT2D eigenvalue weighted by Crippen LogP contribution is -2.52. The molecule has 4 rings (SSSR count). The predicted molar refractivity (Wildman–Crippen MR) is 120 cm³/mol. The minimum absolute atomic E-state index is 0.0614. The van der Waals surface area contributed by atoms with Gasteiger partial charge in [0.1, 0.15) is 0 Å². The number of nitrogens with zero attached hydrogens (tertiary/aromatic N) is 3. The monoisotopic (exact) mass is 461 g/mol. The summed E-state index contributed by atoms with van der Waals surface area (Å²) < 4.78 is 27.3. The van der Waals surface area contributed by atoms with Gasteiger partial charge in [-0.3, -0.25) is 14.5 Å². The Bertz CT molecular complexity index is 1030. The van der Waals surface area contributed by atoms with Crippen LogP contribution in [0.5, 0.6) is 0 Å². The van der Waals surface area contributed by atoms with Crippen molar-refractivity contribution in [3.63, 3.8) is 0 Å². The molecule has 1 aromatic heterocycles. The lowest BCUT2D eigenvalue weighted by Gasteiger charge is -2.35. The van der Waals surface area contributed by atoms with E-state index in [2.05, 4.69) is 16.3 Å². The molecule has 31 heavy (non-hydrogen) atoms. The van der Waals surface area contributed by atoms with Gasteiger partial charge in [-0.25, -0.2) is 8.42 Å². The van der Waals surface area contributed by atoms with Crippen LogP contribution in [0.1, 0.15) is 41.0 Å². The molecule has 0 bridgehead atoms. The van der Waals surface area contributed by atoms with Crippen LogP contribution in [0.25, 0.3) is 0 Å². The molecular weight excluding hydrogens is 434 g/mol. The molecule has 1 unspecified atom stereocenters. The van der Waals surface area contributed by atoms with Gasteiger partial charge < -0.3 is 4.90 Å². The highest BCUT2D eigenvalue weighted by Crippen LogP contribution is 2.34. The molecule has 0 radical (unpaired) electrons. The van der Waals surface area contributed by atoms with Gasteiger partial charge in [0, 0.05) is 42.7 Å². The van der Waals surface area contributed by atoms with Crippen molar-refractivity contribution in [1.82, 2.24) is 14.1 Å². The zero-order valence-electron chi connectivity index (χ0n) is 17.6. The van der Waals surface area contributed by atoms with Gasteiger partial charge in [0.25, 0.3) is 0 Å². The first kappa shape index (κ1) is 22.1. The fraction of sp³-hybridized carbons (Fsp3) is 0.455. The van der Waals surface area contributed by atoms with Crippen LogP contribution in [0.2, 0.25) is 0 Å². The average Bonchev–Trinajstić information content (AvgIpc) is 3.45. The predicted octanol–water partition coefficient (Wildman–Crippen LogP) is 2.62. The molecule has 2 aromatic rings. The van der Waals surface area contributed by atoms with Crippen molar-refractivity contribution < 1.29 is 18.0 Å². The summed E-state index contributed by atoms with van der Waals surface area (Å²) in [7, 11) is -3.64. The number of rotatable bonds is 6. The molecule has 0 N–H and O–H groups in total. The molecule has 2 aliphatic heterocycles. The molecule has 0 aliphatic carbocycles. The average molecular weight is 462 g/mol. The number of benzene rings is 1. The quantitative estimate of drug-likeness (QED) is 0.618. The summed E-state index contributed by atoms with van der Waals surface area (Å²) in [4.78, 5) is 29.8. The summed E-state index contributed by atoms with van der Waals surface area (Å²) in [6.45, 7) is 4.07. The van der Waals surface area contributed by atoms with Gasteiger partial charge in [-0.1, -0.05) is 18.2 Å². The molecule has 2 aliphatic rings. The van der Waals surface area contributed by atoms with Gasteiger partial charge in [0.2, 0.25) is 15.9 Å². The second-order valence-electron chi connectivity index (χ2n) is 8.01. The standard InChI is InChI=1S/C22H27N3O4S2/c1-17(26)18-6-8-19(9-7-18)31(28,29)25-13-11-23(12-14-25)22(27)16-24-10-2-4-20(24)21-5-3-15-30-21/h3,5-9,15,20H,2,4,10-14,16H2,1H3. The number of likely N-dealkylation sites (tertiary alicyclic amines) is 1. The summed E-state index contributed by atoms with van der Waals surface area (Å²) in [5, 5.41) is 2.07. The summed E-state index contributed by atoms with van der Waals surface area (Å²) in [6.07, 6.45) is 2.16. The minimum atomic E-state index is -3.64. The highest BCUT2D eigenvalue weighted by molar-refractivity contribution is 7.89. The Hall–Kier alpha value is -2.07. The van der Waals surface area contributed by atoms with Gasteiger partial charge in [-0.15, -0.1) is 11.3 Å². The Kier molecular flexibility index (Phi) is 6.57. The Labute approximate surface area is 187 Å². The van der Waals surface area contributed by atoms with Crippen molar-refractivity contribution in [2.24, 2.45) is 0 Å². The third kappa shape index (κ3) is 4.74.